The number of hydrogen-bond acceptors (Lipinski definition) is 10. The van der Waals surface area contributed by atoms with Gasteiger partial charge in [0.25, 0.3) is 5.91 Å². The number of nitrogens with one attached hydrogen (secondary N) is 3. The second-order valence-electron chi connectivity index (χ2n) is 6.38. The van der Waals surface area contributed by atoms with Gasteiger partial charge in [-0.3, -0.25) is 25.8 Å². The van der Waals surface area contributed by atoms with E-state index < -0.39 is 22.5 Å². The number of nitro groups is 1. The number of ether oxygens (including phenoxy) is 2. The molecular formula is C21H20N6O6. The van der Waals surface area contributed by atoms with Gasteiger partial charge < -0.3 is 14.8 Å². The van der Waals surface area contributed by atoms with Gasteiger partial charge in [-0.05, 0) is 43.3 Å². The number of hydrogen-bond donors (Lipinski definition) is 3. The van der Waals surface area contributed by atoms with Crippen molar-refractivity contribution in [3.63, 3.8) is 0 Å². The molecule has 0 atom stereocenters. The summed E-state index contributed by atoms with van der Waals surface area (Å²) in [5.41, 5.74) is 5.33. The van der Waals surface area contributed by atoms with Gasteiger partial charge in [0.15, 0.2) is 0 Å². The molecule has 12 nitrogen and oxygen atoms in total. The van der Waals surface area contributed by atoms with Crippen LogP contribution in [0.2, 0.25) is 0 Å². The van der Waals surface area contributed by atoms with Crippen molar-refractivity contribution in [2.24, 2.45) is 0 Å². The number of para-hydroxylation sites is 1. The number of aromatic nitrogens is 2. The van der Waals surface area contributed by atoms with Gasteiger partial charge in [-0.2, -0.15) is 0 Å². The third-order valence-electron chi connectivity index (χ3n) is 4.31. The molecule has 0 fully saturated rings. The van der Waals surface area contributed by atoms with Gasteiger partial charge in [0.2, 0.25) is 11.6 Å². The molecule has 3 aromatic rings. The van der Waals surface area contributed by atoms with Crippen LogP contribution < -0.4 is 20.9 Å². The number of nitrogens with zero attached hydrogens (tertiary/aromatic N) is 3. The molecule has 0 unspecified atom stereocenters. The van der Waals surface area contributed by atoms with E-state index in [2.05, 4.69) is 26.1 Å². The van der Waals surface area contributed by atoms with Crippen molar-refractivity contribution >= 4 is 34.9 Å². The maximum Gasteiger partial charge on any atom is 0.355 e. The van der Waals surface area contributed by atoms with Crippen molar-refractivity contribution in [1.29, 1.82) is 0 Å². The zero-order chi connectivity index (χ0) is 23.8. The molecule has 0 aliphatic carbocycles. The van der Waals surface area contributed by atoms with E-state index in [1.807, 2.05) is 0 Å². The van der Waals surface area contributed by atoms with E-state index in [0.717, 1.165) is 6.33 Å². The molecule has 3 rings (SSSR count). The van der Waals surface area contributed by atoms with Gasteiger partial charge in [0.1, 0.15) is 12.1 Å². The average molecular weight is 452 g/mol. The number of rotatable bonds is 9. The fourth-order valence-corrected chi connectivity index (χ4v) is 2.79. The van der Waals surface area contributed by atoms with Crippen molar-refractivity contribution in [2.45, 2.75) is 6.92 Å². The van der Waals surface area contributed by atoms with E-state index in [1.54, 1.807) is 37.3 Å². The highest BCUT2D eigenvalue weighted by Crippen LogP contribution is 2.31. The summed E-state index contributed by atoms with van der Waals surface area (Å²) < 4.78 is 10.1. The Morgan fingerprint density at radius 2 is 1.76 bits per heavy atom. The van der Waals surface area contributed by atoms with Crippen molar-refractivity contribution in [3.05, 3.63) is 76.1 Å². The highest BCUT2D eigenvalue weighted by atomic mass is 16.6. The summed E-state index contributed by atoms with van der Waals surface area (Å²) >= 11 is 0. The molecule has 1 aromatic heterocycles. The second-order valence-corrected chi connectivity index (χ2v) is 6.38. The van der Waals surface area contributed by atoms with Crippen LogP contribution in [-0.4, -0.2) is 40.5 Å². The smallest absolute Gasteiger partial charge is 0.355 e. The van der Waals surface area contributed by atoms with Crippen LogP contribution in [0.25, 0.3) is 0 Å². The lowest BCUT2D eigenvalue weighted by Crippen LogP contribution is -2.30. The number of methoxy groups -OCH3 is 1. The van der Waals surface area contributed by atoms with Crippen LogP contribution in [-0.2, 0) is 4.74 Å². The molecule has 3 N–H and O–H groups in total. The van der Waals surface area contributed by atoms with Crippen molar-refractivity contribution in [3.8, 4) is 5.75 Å². The minimum Gasteiger partial charge on any atom is -0.496 e. The monoisotopic (exact) mass is 452 g/mol. The number of carbonyl (C=O) groups excluding carboxylic acids is 2. The van der Waals surface area contributed by atoms with E-state index >= 15 is 0 Å². The molecule has 0 saturated heterocycles. The average Bonchev–Trinajstić information content (AvgIpc) is 2.83. The normalized spacial score (nSPS) is 10.1. The number of hydrazine groups is 1. The number of carbonyl (C=O) groups is 2. The lowest BCUT2D eigenvalue weighted by atomic mass is 10.2. The van der Waals surface area contributed by atoms with Crippen LogP contribution in [0.4, 0.5) is 23.0 Å². The number of anilines is 3. The quantitative estimate of drug-likeness (QED) is 0.250. The molecule has 0 aliphatic rings. The molecular weight excluding hydrogens is 432 g/mol. The Bertz CT molecular complexity index is 1170. The number of esters is 1. The van der Waals surface area contributed by atoms with Gasteiger partial charge in [-0.1, -0.05) is 12.1 Å². The Morgan fingerprint density at radius 3 is 2.42 bits per heavy atom. The van der Waals surface area contributed by atoms with Crippen molar-refractivity contribution in [2.75, 3.05) is 24.5 Å². The van der Waals surface area contributed by atoms with Crippen LogP contribution >= 0.6 is 0 Å². The standard InChI is InChI=1S/C21H20N6O6/c1-3-33-21(29)13-8-10-14(11-9-13)24-18-17(27(30)31)19(23-12-22-18)25-26-20(28)15-6-4-5-7-16(15)32-2/h4-12H,3H2,1-2H3,(H,26,28)(H2,22,23,24,25). The Balaban J connectivity index is 1.79. The molecule has 170 valence electrons. The molecule has 33 heavy (non-hydrogen) atoms. The molecule has 2 aromatic carbocycles. The fourth-order valence-electron chi connectivity index (χ4n) is 2.79. The lowest BCUT2D eigenvalue weighted by molar-refractivity contribution is -0.383. The summed E-state index contributed by atoms with van der Waals surface area (Å²) in [6, 6.07) is 12.6. The van der Waals surface area contributed by atoms with Crippen molar-refractivity contribution in [1.82, 2.24) is 15.4 Å². The first kappa shape index (κ1) is 22.9. The third-order valence-corrected chi connectivity index (χ3v) is 4.31. The Labute approximate surface area is 188 Å². The third kappa shape index (κ3) is 5.50. The summed E-state index contributed by atoms with van der Waals surface area (Å²) in [5, 5.41) is 14.5. The number of benzene rings is 2. The van der Waals surface area contributed by atoms with Gasteiger partial charge >= 0.3 is 11.7 Å². The van der Waals surface area contributed by atoms with Crippen LogP contribution in [0.15, 0.2) is 54.9 Å². The highest BCUT2D eigenvalue weighted by molar-refractivity contribution is 5.97. The fraction of sp³-hybridized carbons (Fsp3) is 0.143. The second kappa shape index (κ2) is 10.5. The Hall–Kier alpha value is -4.74. The Kier molecular flexibility index (Phi) is 7.32. The minimum absolute atomic E-state index is 0.118. The summed E-state index contributed by atoms with van der Waals surface area (Å²) in [6.07, 6.45) is 1.10. The van der Waals surface area contributed by atoms with Gasteiger partial charge in [-0.25, -0.2) is 14.8 Å². The zero-order valence-corrected chi connectivity index (χ0v) is 17.7. The first-order chi connectivity index (χ1) is 15.9. The van der Waals surface area contributed by atoms with Crippen LogP contribution in [0.3, 0.4) is 0 Å². The predicted octanol–water partition coefficient (Wildman–Crippen LogP) is 3.07. The SMILES string of the molecule is CCOC(=O)c1ccc(Nc2ncnc(NNC(=O)c3ccccc3OC)c2[N+](=O)[O-])cc1. The highest BCUT2D eigenvalue weighted by Gasteiger charge is 2.24. The Morgan fingerprint density at radius 1 is 1.06 bits per heavy atom. The molecule has 0 saturated carbocycles. The van der Waals surface area contributed by atoms with E-state index in [0.29, 0.717) is 17.0 Å². The van der Waals surface area contributed by atoms with E-state index in [1.165, 1.54) is 25.3 Å². The van der Waals surface area contributed by atoms with E-state index in [-0.39, 0.29) is 23.8 Å². The molecule has 1 heterocycles. The van der Waals surface area contributed by atoms with E-state index in [4.69, 9.17) is 9.47 Å². The summed E-state index contributed by atoms with van der Waals surface area (Å²) in [4.78, 5) is 43.0. The molecule has 0 bridgehead atoms. The maximum atomic E-state index is 12.5. The first-order valence-electron chi connectivity index (χ1n) is 9.67. The van der Waals surface area contributed by atoms with Gasteiger partial charge in [0, 0.05) is 5.69 Å². The minimum atomic E-state index is -0.688. The van der Waals surface area contributed by atoms with Crippen LogP contribution in [0.1, 0.15) is 27.6 Å². The predicted molar refractivity (Wildman–Crippen MR) is 118 cm³/mol. The van der Waals surface area contributed by atoms with Crippen LogP contribution in [0, 0.1) is 10.1 Å². The lowest BCUT2D eigenvalue weighted by Gasteiger charge is -2.12. The molecule has 1 amide bonds. The molecule has 0 aliphatic heterocycles. The van der Waals surface area contributed by atoms with Gasteiger partial charge in [-0.15, -0.1) is 0 Å². The molecule has 0 spiro atoms. The summed E-state index contributed by atoms with van der Waals surface area (Å²) in [6.45, 7) is 1.95. The summed E-state index contributed by atoms with van der Waals surface area (Å²) in [5.74, 6) is -1.07. The zero-order valence-electron chi connectivity index (χ0n) is 17.7. The molecule has 12 heteroatoms. The van der Waals surface area contributed by atoms with Crippen molar-refractivity contribution < 1.29 is 24.0 Å². The molecule has 0 radical (unpaired) electrons. The van der Waals surface area contributed by atoms with Gasteiger partial charge in [0.05, 0.1) is 29.8 Å². The largest absolute Gasteiger partial charge is 0.496 e. The van der Waals surface area contributed by atoms with Crippen LogP contribution in [0.5, 0.6) is 5.75 Å². The maximum absolute atomic E-state index is 12.5. The number of amides is 1. The summed E-state index contributed by atoms with van der Waals surface area (Å²) in [7, 11) is 1.42. The topological polar surface area (TPSA) is 158 Å². The van der Waals surface area contributed by atoms with E-state index in [9.17, 15) is 19.7 Å². The first-order valence-corrected chi connectivity index (χ1v) is 9.67.